The van der Waals surface area contributed by atoms with E-state index >= 15 is 0 Å². The predicted molar refractivity (Wildman–Crippen MR) is 98.1 cm³/mol. The van der Waals surface area contributed by atoms with E-state index in [2.05, 4.69) is 20.8 Å². The second kappa shape index (κ2) is 9.53. The molecule has 0 aromatic heterocycles. The standard InChI is InChI=1S/C22H34F2/c1-4-6-8-19(15-16(3)5-2)17-11-13-18(14-12-17)20-9-7-10-21(23)22(20)24/h7,9-10,16-19H,4-6,8,11-15H2,1-3H3. The lowest BCUT2D eigenvalue weighted by atomic mass is 9.70. The molecule has 1 aliphatic rings. The van der Waals surface area contributed by atoms with Gasteiger partial charge in [-0.1, -0.05) is 58.6 Å². The van der Waals surface area contributed by atoms with E-state index in [1.165, 1.54) is 51.0 Å². The summed E-state index contributed by atoms with van der Waals surface area (Å²) in [6.45, 7) is 6.92. The molecular weight excluding hydrogens is 302 g/mol. The Morgan fingerprint density at radius 2 is 1.79 bits per heavy atom. The van der Waals surface area contributed by atoms with Gasteiger partial charge >= 0.3 is 0 Å². The van der Waals surface area contributed by atoms with Crippen LogP contribution in [-0.2, 0) is 0 Å². The average Bonchev–Trinajstić information content (AvgIpc) is 2.61. The lowest BCUT2D eigenvalue weighted by molar-refractivity contribution is 0.186. The summed E-state index contributed by atoms with van der Waals surface area (Å²) in [5.41, 5.74) is 0.598. The van der Waals surface area contributed by atoms with Crippen molar-refractivity contribution in [2.24, 2.45) is 17.8 Å². The van der Waals surface area contributed by atoms with Crippen LogP contribution in [0, 0.1) is 29.4 Å². The quantitative estimate of drug-likeness (QED) is 0.461. The molecule has 1 fully saturated rings. The number of unbranched alkanes of at least 4 members (excludes halogenated alkanes) is 1. The van der Waals surface area contributed by atoms with Gasteiger partial charge in [0.25, 0.3) is 0 Å². The van der Waals surface area contributed by atoms with Gasteiger partial charge in [-0.05, 0) is 67.4 Å². The molecule has 2 unspecified atom stereocenters. The van der Waals surface area contributed by atoms with Crippen LogP contribution in [0.4, 0.5) is 8.78 Å². The number of benzene rings is 1. The van der Waals surface area contributed by atoms with Crippen LogP contribution in [0.1, 0.15) is 90.0 Å². The molecule has 24 heavy (non-hydrogen) atoms. The van der Waals surface area contributed by atoms with Crippen LogP contribution in [0.25, 0.3) is 0 Å². The van der Waals surface area contributed by atoms with Crippen molar-refractivity contribution in [3.8, 4) is 0 Å². The fourth-order valence-electron chi connectivity index (χ4n) is 4.43. The van der Waals surface area contributed by atoms with Gasteiger partial charge in [0.15, 0.2) is 11.6 Å². The largest absolute Gasteiger partial charge is 0.204 e. The number of rotatable bonds is 8. The summed E-state index contributed by atoms with van der Waals surface area (Å²) in [5, 5.41) is 0. The lowest BCUT2D eigenvalue weighted by Gasteiger charge is -2.35. The summed E-state index contributed by atoms with van der Waals surface area (Å²) >= 11 is 0. The summed E-state index contributed by atoms with van der Waals surface area (Å²) in [6, 6.07) is 4.64. The summed E-state index contributed by atoms with van der Waals surface area (Å²) in [5.74, 6) is 1.27. The normalized spacial score (nSPS) is 23.9. The first kappa shape index (κ1) is 19.4. The molecule has 2 heteroatoms. The highest BCUT2D eigenvalue weighted by Gasteiger charge is 2.30. The summed E-state index contributed by atoms with van der Waals surface area (Å²) in [6.07, 6.45) is 10.9. The van der Waals surface area contributed by atoms with Crippen molar-refractivity contribution >= 4 is 0 Å². The Morgan fingerprint density at radius 1 is 1.08 bits per heavy atom. The maximum absolute atomic E-state index is 14.1. The zero-order valence-electron chi connectivity index (χ0n) is 15.7. The van der Waals surface area contributed by atoms with Gasteiger partial charge in [0.2, 0.25) is 0 Å². The van der Waals surface area contributed by atoms with Crippen LogP contribution in [0.2, 0.25) is 0 Å². The zero-order valence-corrected chi connectivity index (χ0v) is 15.7. The van der Waals surface area contributed by atoms with Crippen molar-refractivity contribution in [1.29, 1.82) is 0 Å². The molecule has 0 bridgehead atoms. The third kappa shape index (κ3) is 5.04. The van der Waals surface area contributed by atoms with Crippen LogP contribution < -0.4 is 0 Å². The van der Waals surface area contributed by atoms with Crippen LogP contribution in [0.15, 0.2) is 18.2 Å². The average molecular weight is 337 g/mol. The molecule has 0 N–H and O–H groups in total. The molecule has 2 atom stereocenters. The molecule has 0 amide bonds. The van der Waals surface area contributed by atoms with Gasteiger partial charge < -0.3 is 0 Å². The molecule has 1 aromatic rings. The van der Waals surface area contributed by atoms with Gasteiger partial charge in [-0.15, -0.1) is 0 Å². The van der Waals surface area contributed by atoms with E-state index in [4.69, 9.17) is 0 Å². The SMILES string of the molecule is CCCCC(CC(C)CC)C1CCC(c2cccc(F)c2F)CC1. The Hall–Kier alpha value is -0.920. The van der Waals surface area contributed by atoms with Crippen molar-refractivity contribution in [2.75, 3.05) is 0 Å². The zero-order chi connectivity index (χ0) is 17.5. The third-order valence-corrected chi connectivity index (χ3v) is 6.19. The van der Waals surface area contributed by atoms with E-state index in [-0.39, 0.29) is 5.92 Å². The van der Waals surface area contributed by atoms with Gasteiger partial charge in [0.1, 0.15) is 0 Å². The van der Waals surface area contributed by atoms with Gasteiger partial charge in [-0.2, -0.15) is 0 Å². The minimum atomic E-state index is -0.702. The molecule has 0 heterocycles. The number of hydrogen-bond acceptors (Lipinski definition) is 0. The van der Waals surface area contributed by atoms with Crippen molar-refractivity contribution in [2.45, 2.75) is 84.5 Å². The minimum absolute atomic E-state index is 0.201. The Morgan fingerprint density at radius 3 is 2.42 bits per heavy atom. The van der Waals surface area contributed by atoms with Crippen LogP contribution in [0.3, 0.4) is 0 Å². The van der Waals surface area contributed by atoms with Gasteiger partial charge in [0.05, 0.1) is 0 Å². The topological polar surface area (TPSA) is 0 Å². The molecule has 0 nitrogen and oxygen atoms in total. The highest BCUT2D eigenvalue weighted by Crippen LogP contribution is 2.42. The van der Waals surface area contributed by atoms with Crippen LogP contribution in [-0.4, -0.2) is 0 Å². The smallest absolute Gasteiger partial charge is 0.162 e. The van der Waals surface area contributed by atoms with E-state index in [0.29, 0.717) is 5.56 Å². The van der Waals surface area contributed by atoms with E-state index < -0.39 is 11.6 Å². The fraction of sp³-hybridized carbons (Fsp3) is 0.727. The van der Waals surface area contributed by atoms with Gasteiger partial charge in [-0.25, -0.2) is 8.78 Å². The Balaban J connectivity index is 1.97. The number of hydrogen-bond donors (Lipinski definition) is 0. The molecule has 0 spiro atoms. The maximum Gasteiger partial charge on any atom is 0.162 e. The molecule has 1 aliphatic carbocycles. The fourth-order valence-corrected chi connectivity index (χ4v) is 4.43. The lowest BCUT2D eigenvalue weighted by Crippen LogP contribution is -2.23. The molecule has 0 radical (unpaired) electrons. The predicted octanol–water partition coefficient (Wildman–Crippen LogP) is 7.48. The first-order chi connectivity index (χ1) is 11.6. The maximum atomic E-state index is 14.1. The second-order valence-electron chi connectivity index (χ2n) is 7.91. The molecular formula is C22H34F2. The van der Waals surface area contributed by atoms with Crippen molar-refractivity contribution in [3.05, 3.63) is 35.4 Å². The van der Waals surface area contributed by atoms with Gasteiger partial charge in [-0.3, -0.25) is 0 Å². The summed E-state index contributed by atoms with van der Waals surface area (Å²) in [4.78, 5) is 0. The van der Waals surface area contributed by atoms with Gasteiger partial charge in [0, 0.05) is 0 Å². The Bertz CT molecular complexity index is 489. The first-order valence-electron chi connectivity index (χ1n) is 10.0. The Labute approximate surface area is 147 Å². The van der Waals surface area contributed by atoms with Crippen molar-refractivity contribution in [3.63, 3.8) is 0 Å². The Kier molecular flexibility index (Phi) is 7.71. The van der Waals surface area contributed by atoms with E-state index in [0.717, 1.165) is 30.6 Å². The minimum Gasteiger partial charge on any atom is -0.204 e. The second-order valence-corrected chi connectivity index (χ2v) is 7.91. The van der Waals surface area contributed by atoms with E-state index in [9.17, 15) is 8.78 Å². The monoisotopic (exact) mass is 336 g/mol. The van der Waals surface area contributed by atoms with E-state index in [1.807, 2.05) is 0 Å². The molecule has 136 valence electrons. The van der Waals surface area contributed by atoms with E-state index in [1.54, 1.807) is 12.1 Å². The number of halogens is 2. The highest BCUT2D eigenvalue weighted by molar-refractivity contribution is 5.23. The van der Waals surface area contributed by atoms with Crippen molar-refractivity contribution in [1.82, 2.24) is 0 Å². The first-order valence-corrected chi connectivity index (χ1v) is 10.0. The molecule has 0 aliphatic heterocycles. The highest BCUT2D eigenvalue weighted by atomic mass is 19.2. The summed E-state index contributed by atoms with van der Waals surface area (Å²) < 4.78 is 27.5. The molecule has 2 rings (SSSR count). The molecule has 1 aromatic carbocycles. The van der Waals surface area contributed by atoms with Crippen LogP contribution in [0.5, 0.6) is 0 Å². The van der Waals surface area contributed by atoms with Crippen LogP contribution >= 0.6 is 0 Å². The molecule has 1 saturated carbocycles. The summed E-state index contributed by atoms with van der Waals surface area (Å²) in [7, 11) is 0. The third-order valence-electron chi connectivity index (χ3n) is 6.19. The van der Waals surface area contributed by atoms with Crippen molar-refractivity contribution < 1.29 is 8.78 Å². The molecule has 0 saturated heterocycles.